The number of rotatable bonds is 7. The highest BCUT2D eigenvalue weighted by atomic mass is 35.5. The van der Waals surface area contributed by atoms with E-state index in [-0.39, 0.29) is 18.8 Å². The van der Waals surface area contributed by atoms with Gasteiger partial charge in [0.1, 0.15) is 28.7 Å². The van der Waals surface area contributed by atoms with Crippen LogP contribution < -0.4 is 14.8 Å². The van der Waals surface area contributed by atoms with E-state index in [1.807, 2.05) is 12.1 Å². The number of ether oxygens (including phenoxy) is 2. The van der Waals surface area contributed by atoms with Crippen LogP contribution in [0.1, 0.15) is 31.7 Å². The molecule has 0 spiro atoms. The van der Waals surface area contributed by atoms with Crippen molar-refractivity contribution in [3.05, 3.63) is 58.1 Å². The molecule has 2 aromatic rings. The van der Waals surface area contributed by atoms with Crippen LogP contribution in [0.25, 0.3) is 0 Å². The Labute approximate surface area is 170 Å². The third-order valence-corrected chi connectivity index (χ3v) is 5.60. The van der Waals surface area contributed by atoms with Gasteiger partial charge in [0.15, 0.2) is 0 Å². The summed E-state index contributed by atoms with van der Waals surface area (Å²) in [5.74, 6) is 1.82. The summed E-state index contributed by atoms with van der Waals surface area (Å²) >= 11 is 12.2. The Morgan fingerprint density at radius 1 is 1.15 bits per heavy atom. The van der Waals surface area contributed by atoms with Gasteiger partial charge in [0.2, 0.25) is 0 Å². The van der Waals surface area contributed by atoms with Gasteiger partial charge in [0.05, 0.1) is 11.6 Å². The van der Waals surface area contributed by atoms with Crippen LogP contribution in [-0.2, 0) is 0 Å². The Kier molecular flexibility index (Phi) is 6.88. The first-order chi connectivity index (χ1) is 13.0. The van der Waals surface area contributed by atoms with Crippen LogP contribution in [0, 0.1) is 0 Å². The standard InChI is InChI=1S/C21H25Cl2NO3/c1-13(2)14-6-8-15(9-7-14)26-16-10-18(24-11-16)20(12-25)27-19-5-3-4-17(22)21(19)23/h3-9,13,16,18,20,24-25H,10-12H2,1-2H3/t16-,18?,20?/m1/s1. The maximum Gasteiger partial charge on any atom is 0.140 e. The summed E-state index contributed by atoms with van der Waals surface area (Å²) in [6.45, 7) is 4.90. The molecule has 1 fully saturated rings. The third kappa shape index (κ3) is 5.08. The molecule has 3 rings (SSSR count). The van der Waals surface area contributed by atoms with Gasteiger partial charge < -0.3 is 19.9 Å². The highest BCUT2D eigenvalue weighted by Crippen LogP contribution is 2.33. The Bertz CT molecular complexity index is 752. The second-order valence-corrected chi connectivity index (χ2v) is 7.89. The molecule has 1 aliphatic heterocycles. The van der Waals surface area contributed by atoms with Crippen molar-refractivity contribution < 1.29 is 14.6 Å². The van der Waals surface area contributed by atoms with E-state index in [0.717, 1.165) is 12.2 Å². The van der Waals surface area contributed by atoms with Gasteiger partial charge in [-0.05, 0) is 35.7 Å². The lowest BCUT2D eigenvalue weighted by Gasteiger charge is -2.24. The lowest BCUT2D eigenvalue weighted by molar-refractivity contribution is 0.0850. The third-order valence-electron chi connectivity index (χ3n) is 4.80. The van der Waals surface area contributed by atoms with E-state index in [2.05, 4.69) is 31.3 Å². The monoisotopic (exact) mass is 409 g/mol. The minimum absolute atomic E-state index is 0.0207. The van der Waals surface area contributed by atoms with Crippen molar-refractivity contribution in [3.8, 4) is 11.5 Å². The van der Waals surface area contributed by atoms with Gasteiger partial charge in [-0.1, -0.05) is 55.2 Å². The number of nitrogens with one attached hydrogen (secondary N) is 1. The average Bonchev–Trinajstić information content (AvgIpc) is 3.11. The lowest BCUT2D eigenvalue weighted by Crippen LogP contribution is -2.41. The first-order valence-electron chi connectivity index (χ1n) is 9.19. The topological polar surface area (TPSA) is 50.7 Å². The Balaban J connectivity index is 1.59. The smallest absolute Gasteiger partial charge is 0.140 e. The highest BCUT2D eigenvalue weighted by molar-refractivity contribution is 6.42. The zero-order chi connectivity index (χ0) is 19.4. The van der Waals surface area contributed by atoms with Gasteiger partial charge >= 0.3 is 0 Å². The molecule has 1 aliphatic rings. The fourth-order valence-electron chi connectivity index (χ4n) is 3.21. The predicted molar refractivity (Wildman–Crippen MR) is 109 cm³/mol. The van der Waals surface area contributed by atoms with Crippen molar-refractivity contribution >= 4 is 23.2 Å². The fraction of sp³-hybridized carbons (Fsp3) is 0.429. The minimum atomic E-state index is -0.433. The van der Waals surface area contributed by atoms with E-state index in [9.17, 15) is 5.11 Å². The van der Waals surface area contributed by atoms with Crippen LogP contribution in [0.2, 0.25) is 10.0 Å². The second kappa shape index (κ2) is 9.16. The summed E-state index contributed by atoms with van der Waals surface area (Å²) in [5, 5.41) is 13.9. The second-order valence-electron chi connectivity index (χ2n) is 7.10. The molecule has 27 heavy (non-hydrogen) atoms. The molecule has 0 bridgehead atoms. The number of hydrogen-bond acceptors (Lipinski definition) is 4. The number of aliphatic hydroxyl groups excluding tert-OH is 1. The van der Waals surface area contributed by atoms with Crippen molar-refractivity contribution in [2.24, 2.45) is 0 Å². The summed E-state index contributed by atoms with van der Waals surface area (Å²) in [5.41, 5.74) is 1.29. The van der Waals surface area contributed by atoms with E-state index in [0.29, 0.717) is 28.3 Å². The molecule has 1 heterocycles. The van der Waals surface area contributed by atoms with E-state index in [4.69, 9.17) is 32.7 Å². The highest BCUT2D eigenvalue weighted by Gasteiger charge is 2.33. The number of hydrogen-bond donors (Lipinski definition) is 2. The molecule has 2 unspecified atom stereocenters. The molecule has 1 saturated heterocycles. The Morgan fingerprint density at radius 2 is 1.89 bits per heavy atom. The molecule has 146 valence electrons. The SMILES string of the molecule is CC(C)c1ccc(O[C@H]2CNC(C(CO)Oc3cccc(Cl)c3Cl)C2)cc1. The minimum Gasteiger partial charge on any atom is -0.489 e. The summed E-state index contributed by atoms with van der Waals surface area (Å²) in [6.07, 6.45) is 0.320. The molecule has 0 amide bonds. The van der Waals surface area contributed by atoms with Gasteiger partial charge in [0.25, 0.3) is 0 Å². The molecule has 0 aliphatic carbocycles. The molecule has 0 saturated carbocycles. The molecular weight excluding hydrogens is 385 g/mol. The van der Waals surface area contributed by atoms with Crippen LogP contribution >= 0.6 is 23.2 Å². The van der Waals surface area contributed by atoms with Gasteiger partial charge in [-0.3, -0.25) is 0 Å². The van der Waals surface area contributed by atoms with Crippen LogP contribution in [0.4, 0.5) is 0 Å². The van der Waals surface area contributed by atoms with Crippen LogP contribution in [0.5, 0.6) is 11.5 Å². The molecule has 3 atom stereocenters. The summed E-state index contributed by atoms with van der Waals surface area (Å²) in [7, 11) is 0. The molecule has 2 N–H and O–H groups in total. The molecule has 0 radical (unpaired) electrons. The van der Waals surface area contributed by atoms with Crippen molar-refractivity contribution in [2.75, 3.05) is 13.2 Å². The molecular formula is C21H25Cl2NO3. The van der Waals surface area contributed by atoms with E-state index in [1.165, 1.54) is 5.56 Å². The van der Waals surface area contributed by atoms with E-state index in [1.54, 1.807) is 18.2 Å². The largest absolute Gasteiger partial charge is 0.489 e. The normalized spacial score (nSPS) is 20.7. The van der Waals surface area contributed by atoms with Gasteiger partial charge in [0, 0.05) is 19.0 Å². The predicted octanol–water partition coefficient (Wildman–Crippen LogP) is 4.67. The van der Waals surface area contributed by atoms with E-state index >= 15 is 0 Å². The summed E-state index contributed by atoms with van der Waals surface area (Å²) in [4.78, 5) is 0. The number of aliphatic hydroxyl groups is 1. The number of benzene rings is 2. The Morgan fingerprint density at radius 3 is 2.56 bits per heavy atom. The van der Waals surface area contributed by atoms with Gasteiger partial charge in [-0.2, -0.15) is 0 Å². The average molecular weight is 410 g/mol. The summed E-state index contributed by atoms with van der Waals surface area (Å²) in [6, 6.07) is 13.4. The molecule has 2 aromatic carbocycles. The Hall–Kier alpha value is -1.46. The lowest BCUT2D eigenvalue weighted by atomic mass is 10.0. The quantitative estimate of drug-likeness (QED) is 0.697. The van der Waals surface area contributed by atoms with Crippen LogP contribution in [0.3, 0.4) is 0 Å². The zero-order valence-corrected chi connectivity index (χ0v) is 17.0. The first kappa shape index (κ1) is 20.3. The zero-order valence-electron chi connectivity index (χ0n) is 15.5. The summed E-state index contributed by atoms with van der Waals surface area (Å²) < 4.78 is 12.0. The fourth-order valence-corrected chi connectivity index (χ4v) is 3.55. The van der Waals surface area contributed by atoms with Crippen molar-refractivity contribution in [1.82, 2.24) is 5.32 Å². The maximum absolute atomic E-state index is 9.78. The molecule has 4 nitrogen and oxygen atoms in total. The van der Waals surface area contributed by atoms with Crippen LogP contribution in [-0.4, -0.2) is 36.5 Å². The first-order valence-corrected chi connectivity index (χ1v) is 9.95. The number of halogens is 2. The van der Waals surface area contributed by atoms with Gasteiger partial charge in [-0.25, -0.2) is 0 Å². The van der Waals surface area contributed by atoms with Gasteiger partial charge in [-0.15, -0.1) is 0 Å². The molecule has 6 heteroatoms. The maximum atomic E-state index is 9.78. The van der Waals surface area contributed by atoms with Crippen LogP contribution in [0.15, 0.2) is 42.5 Å². The van der Waals surface area contributed by atoms with Crippen molar-refractivity contribution in [2.45, 2.75) is 44.4 Å². The van der Waals surface area contributed by atoms with Crippen molar-refractivity contribution in [1.29, 1.82) is 0 Å². The molecule has 0 aromatic heterocycles. The van der Waals surface area contributed by atoms with Crippen molar-refractivity contribution in [3.63, 3.8) is 0 Å². The van der Waals surface area contributed by atoms with E-state index < -0.39 is 6.10 Å².